The number of aromatic amines is 1. The van der Waals surface area contributed by atoms with E-state index in [4.69, 9.17) is 9.72 Å². The molecular weight excluding hydrogens is 386 g/mol. The van der Waals surface area contributed by atoms with Crippen molar-refractivity contribution < 1.29 is 14.6 Å². The van der Waals surface area contributed by atoms with Gasteiger partial charge in [0.05, 0.1) is 29.1 Å². The van der Waals surface area contributed by atoms with Crippen LogP contribution in [0.1, 0.15) is 15.3 Å². The van der Waals surface area contributed by atoms with Crippen LogP contribution in [-0.2, 0) is 9.84 Å². The molecule has 4 rings (SSSR count). The van der Waals surface area contributed by atoms with Crippen LogP contribution in [0.25, 0.3) is 33.5 Å². The average molecular weight is 410 g/mol. The third kappa shape index (κ3) is 3.49. The van der Waals surface area contributed by atoms with Gasteiger partial charge in [0.1, 0.15) is 11.3 Å². The number of methoxy groups -OCH3 is 1. The fourth-order valence-corrected chi connectivity index (χ4v) is 4.19. The predicted octanol–water partition coefficient (Wildman–Crippen LogP) is 4.73. The van der Waals surface area contributed by atoms with Crippen LogP contribution in [-0.4, -0.2) is 35.7 Å². The molecule has 2 heterocycles. The van der Waals surface area contributed by atoms with Crippen LogP contribution < -0.4 is 4.74 Å². The minimum absolute atomic E-state index is 0. The number of sulfone groups is 1. The number of rotatable bonds is 5. The van der Waals surface area contributed by atoms with Crippen molar-refractivity contribution in [2.24, 2.45) is 0 Å². The molecule has 0 aliphatic heterocycles. The molecule has 4 aromatic rings. The molecule has 2 aromatic carbocycles. The lowest BCUT2D eigenvalue weighted by atomic mass is 10.1. The zero-order chi connectivity index (χ0) is 20.6. The fraction of sp³-hybridized carbons (Fsp3) is 0.182. The van der Waals surface area contributed by atoms with Crippen molar-refractivity contribution in [1.82, 2.24) is 15.0 Å². The first kappa shape index (κ1) is 19.1. The molecule has 0 atom stereocenters. The monoisotopic (exact) mass is 409 g/mol. The molecule has 0 unspecified atom stereocenters. The van der Waals surface area contributed by atoms with Gasteiger partial charge >= 0.3 is 0 Å². The summed E-state index contributed by atoms with van der Waals surface area (Å²) in [7, 11) is -1.67. The molecule has 0 amide bonds. The lowest BCUT2D eigenvalue weighted by Crippen LogP contribution is -2.13. The van der Waals surface area contributed by atoms with Gasteiger partial charge in [-0.1, -0.05) is 24.3 Å². The standard InChI is InChI=1S/C22H21N3O3S.H2/c1-14(2)29(26,27)18-9-7-15(8-10-18)20-13-24-22-21(25-20)19(12-23-22)16-5-4-6-17(11-16)28-3;/h4-14H,1-3H3,(H,23,24);1H. The van der Waals surface area contributed by atoms with E-state index in [0.717, 1.165) is 28.0 Å². The molecule has 0 aliphatic carbocycles. The molecule has 6 nitrogen and oxygen atoms in total. The number of H-pyrrole nitrogens is 1. The van der Waals surface area contributed by atoms with Crippen LogP contribution in [0.5, 0.6) is 5.75 Å². The van der Waals surface area contributed by atoms with E-state index < -0.39 is 15.1 Å². The highest BCUT2D eigenvalue weighted by Crippen LogP contribution is 2.30. The highest BCUT2D eigenvalue weighted by Gasteiger charge is 2.19. The number of ether oxygens (including phenoxy) is 1. The van der Waals surface area contributed by atoms with Crippen molar-refractivity contribution in [3.05, 3.63) is 60.9 Å². The largest absolute Gasteiger partial charge is 0.497 e. The average Bonchev–Trinajstić information content (AvgIpc) is 3.17. The SMILES string of the molecule is COc1cccc(-c2c[nH]c3ncc(-c4ccc(S(=O)(=O)C(C)C)cc4)nc23)c1.[HH]. The quantitative estimate of drug-likeness (QED) is 0.515. The minimum Gasteiger partial charge on any atom is -0.497 e. The van der Waals surface area contributed by atoms with Gasteiger partial charge in [0.2, 0.25) is 0 Å². The van der Waals surface area contributed by atoms with Gasteiger partial charge in [0.15, 0.2) is 15.5 Å². The molecule has 0 bridgehead atoms. The van der Waals surface area contributed by atoms with Gasteiger partial charge < -0.3 is 9.72 Å². The molecule has 29 heavy (non-hydrogen) atoms. The van der Waals surface area contributed by atoms with Crippen LogP contribution in [0.2, 0.25) is 0 Å². The molecule has 150 valence electrons. The number of benzene rings is 2. The molecule has 0 saturated carbocycles. The summed E-state index contributed by atoms with van der Waals surface area (Å²) in [6.45, 7) is 3.35. The van der Waals surface area contributed by atoms with Crippen molar-refractivity contribution in [2.45, 2.75) is 24.0 Å². The van der Waals surface area contributed by atoms with Crippen molar-refractivity contribution in [1.29, 1.82) is 0 Å². The van der Waals surface area contributed by atoms with Gasteiger partial charge in [-0.25, -0.2) is 18.4 Å². The molecule has 0 saturated heterocycles. The Morgan fingerprint density at radius 3 is 2.52 bits per heavy atom. The summed E-state index contributed by atoms with van der Waals surface area (Å²) < 4.78 is 30.0. The van der Waals surface area contributed by atoms with Gasteiger partial charge in [0, 0.05) is 18.8 Å². The van der Waals surface area contributed by atoms with E-state index in [1.54, 1.807) is 51.4 Å². The summed E-state index contributed by atoms with van der Waals surface area (Å²) in [5.41, 5.74) is 4.81. The first-order valence-corrected chi connectivity index (χ1v) is 10.8. The lowest BCUT2D eigenvalue weighted by Gasteiger charge is -2.08. The van der Waals surface area contributed by atoms with E-state index in [1.165, 1.54) is 0 Å². The lowest BCUT2D eigenvalue weighted by molar-refractivity contribution is 0.415. The number of nitrogens with zero attached hydrogens (tertiary/aromatic N) is 2. The van der Waals surface area contributed by atoms with Gasteiger partial charge in [0.25, 0.3) is 0 Å². The number of nitrogens with one attached hydrogen (secondary N) is 1. The Morgan fingerprint density at radius 2 is 1.83 bits per heavy atom. The molecule has 0 fully saturated rings. The summed E-state index contributed by atoms with van der Waals surface area (Å²) in [5.74, 6) is 0.767. The summed E-state index contributed by atoms with van der Waals surface area (Å²) in [6.07, 6.45) is 3.56. The van der Waals surface area contributed by atoms with Crippen LogP contribution in [0, 0.1) is 0 Å². The number of aromatic nitrogens is 3. The maximum atomic E-state index is 12.3. The Hall–Kier alpha value is -3.19. The van der Waals surface area contributed by atoms with Crippen molar-refractivity contribution in [3.63, 3.8) is 0 Å². The van der Waals surface area contributed by atoms with E-state index in [-0.39, 0.29) is 1.43 Å². The Kier molecular flexibility index (Phi) is 4.84. The van der Waals surface area contributed by atoms with Gasteiger partial charge in [-0.3, -0.25) is 0 Å². The highest BCUT2D eigenvalue weighted by molar-refractivity contribution is 7.92. The highest BCUT2D eigenvalue weighted by atomic mass is 32.2. The fourth-order valence-electron chi connectivity index (χ4n) is 3.13. The topological polar surface area (TPSA) is 84.9 Å². The normalized spacial score (nSPS) is 11.9. The molecule has 7 heteroatoms. The zero-order valence-electron chi connectivity index (χ0n) is 16.4. The van der Waals surface area contributed by atoms with E-state index >= 15 is 0 Å². The molecule has 0 radical (unpaired) electrons. The van der Waals surface area contributed by atoms with Gasteiger partial charge in [-0.15, -0.1) is 0 Å². The third-order valence-corrected chi connectivity index (χ3v) is 7.03. The summed E-state index contributed by atoms with van der Waals surface area (Å²) in [6, 6.07) is 14.5. The van der Waals surface area contributed by atoms with Gasteiger partial charge in [-0.2, -0.15) is 0 Å². The van der Waals surface area contributed by atoms with Crippen LogP contribution in [0.15, 0.2) is 65.8 Å². The Bertz CT molecular complexity index is 1280. The number of hydrogen-bond acceptors (Lipinski definition) is 5. The molecular formula is C22H23N3O3S. The molecule has 0 spiro atoms. The summed E-state index contributed by atoms with van der Waals surface area (Å²) in [5, 5.41) is -0.463. The van der Waals surface area contributed by atoms with Crippen molar-refractivity contribution in [3.8, 4) is 28.1 Å². The predicted molar refractivity (Wildman–Crippen MR) is 116 cm³/mol. The van der Waals surface area contributed by atoms with E-state index in [0.29, 0.717) is 16.2 Å². The second-order valence-electron chi connectivity index (χ2n) is 7.00. The maximum absolute atomic E-state index is 12.3. The van der Waals surface area contributed by atoms with Crippen molar-refractivity contribution in [2.75, 3.05) is 7.11 Å². The van der Waals surface area contributed by atoms with Crippen LogP contribution in [0.4, 0.5) is 0 Å². The summed E-state index contributed by atoms with van der Waals surface area (Å²) in [4.78, 5) is 12.7. The zero-order valence-corrected chi connectivity index (χ0v) is 17.2. The van der Waals surface area contributed by atoms with Crippen LogP contribution >= 0.6 is 0 Å². The minimum atomic E-state index is -3.30. The Morgan fingerprint density at radius 1 is 1.07 bits per heavy atom. The third-order valence-electron chi connectivity index (χ3n) is 4.86. The maximum Gasteiger partial charge on any atom is 0.180 e. The van der Waals surface area contributed by atoms with E-state index in [2.05, 4.69) is 9.97 Å². The second kappa shape index (κ2) is 7.33. The molecule has 1 N–H and O–H groups in total. The summed E-state index contributed by atoms with van der Waals surface area (Å²) >= 11 is 0. The number of fused-ring (bicyclic) bond motifs is 1. The second-order valence-corrected chi connectivity index (χ2v) is 9.51. The first-order chi connectivity index (χ1) is 13.9. The molecule has 2 aromatic heterocycles. The van der Waals surface area contributed by atoms with E-state index in [1.807, 2.05) is 30.5 Å². The van der Waals surface area contributed by atoms with E-state index in [9.17, 15) is 8.42 Å². The van der Waals surface area contributed by atoms with Crippen LogP contribution in [0.3, 0.4) is 0 Å². The number of hydrogen-bond donors (Lipinski definition) is 1. The van der Waals surface area contributed by atoms with Crippen molar-refractivity contribution >= 4 is 21.0 Å². The Labute approximate surface area is 171 Å². The van der Waals surface area contributed by atoms with Gasteiger partial charge in [-0.05, 0) is 43.7 Å². The Balaban J connectivity index is 0.00000256. The molecule has 0 aliphatic rings. The first-order valence-electron chi connectivity index (χ1n) is 9.23. The smallest absolute Gasteiger partial charge is 0.180 e.